The van der Waals surface area contributed by atoms with Crippen LogP contribution in [0.1, 0.15) is 32.0 Å². The molecule has 4 aromatic rings. The van der Waals surface area contributed by atoms with Crippen LogP contribution in [0.2, 0.25) is 0 Å². The molecule has 2 aromatic heterocycles. The van der Waals surface area contributed by atoms with Gasteiger partial charge in [0, 0.05) is 29.9 Å². The van der Waals surface area contributed by atoms with Crippen LogP contribution in [0.15, 0.2) is 79.1 Å². The number of hydrogen-bond donors (Lipinski definition) is 2. The number of benzene rings is 2. The third-order valence-electron chi connectivity index (χ3n) is 4.71. The van der Waals surface area contributed by atoms with Gasteiger partial charge in [0.25, 0.3) is 11.8 Å². The van der Waals surface area contributed by atoms with Gasteiger partial charge in [0.05, 0.1) is 11.2 Å². The summed E-state index contributed by atoms with van der Waals surface area (Å²) in [6.07, 6.45) is 3.13. The van der Waals surface area contributed by atoms with E-state index in [-0.39, 0.29) is 11.6 Å². The lowest BCUT2D eigenvalue weighted by Crippen LogP contribution is -2.23. The van der Waals surface area contributed by atoms with Crippen molar-refractivity contribution in [2.75, 3.05) is 5.32 Å². The second kappa shape index (κ2) is 8.53. The minimum Gasteiger partial charge on any atom is -0.348 e. The number of carbonyl (C=O) groups is 2. The lowest BCUT2D eigenvalue weighted by Gasteiger charge is -2.09. The quantitative estimate of drug-likeness (QED) is 0.531. The molecule has 4 rings (SSSR count). The van der Waals surface area contributed by atoms with Crippen molar-refractivity contribution in [3.8, 4) is 0 Å². The molecular weight excluding hydrogens is 376 g/mol. The van der Waals surface area contributed by atoms with E-state index in [1.165, 1.54) is 12.3 Å². The van der Waals surface area contributed by atoms with Crippen LogP contribution < -0.4 is 10.6 Å². The summed E-state index contributed by atoms with van der Waals surface area (Å²) < 4.78 is 0. The number of aryl methyl sites for hydroxylation is 1. The molecule has 2 amide bonds. The fraction of sp³-hybridized carbons (Fsp3) is 0.0833. The summed E-state index contributed by atoms with van der Waals surface area (Å²) in [4.78, 5) is 33.7. The van der Waals surface area contributed by atoms with Crippen LogP contribution in [0.3, 0.4) is 0 Å². The third kappa shape index (κ3) is 4.33. The summed E-state index contributed by atoms with van der Waals surface area (Å²) in [7, 11) is 0. The van der Waals surface area contributed by atoms with Gasteiger partial charge < -0.3 is 10.6 Å². The van der Waals surface area contributed by atoms with Gasteiger partial charge in [-0.1, -0.05) is 48.0 Å². The molecule has 0 unspecified atom stereocenters. The molecule has 6 nitrogen and oxygen atoms in total. The van der Waals surface area contributed by atoms with Crippen molar-refractivity contribution in [2.45, 2.75) is 13.5 Å². The molecule has 2 aromatic carbocycles. The van der Waals surface area contributed by atoms with Crippen molar-refractivity contribution < 1.29 is 9.59 Å². The maximum Gasteiger partial charge on any atom is 0.274 e. The lowest BCUT2D eigenvalue weighted by atomic mass is 10.1. The van der Waals surface area contributed by atoms with Crippen molar-refractivity contribution >= 4 is 28.4 Å². The highest BCUT2D eigenvalue weighted by Crippen LogP contribution is 2.21. The first-order valence-electron chi connectivity index (χ1n) is 9.55. The van der Waals surface area contributed by atoms with E-state index >= 15 is 0 Å². The van der Waals surface area contributed by atoms with Crippen LogP contribution in [0.5, 0.6) is 0 Å². The zero-order valence-corrected chi connectivity index (χ0v) is 16.4. The van der Waals surface area contributed by atoms with E-state index in [1.807, 2.05) is 55.5 Å². The zero-order valence-electron chi connectivity index (χ0n) is 16.4. The number of aromatic nitrogens is 2. The number of nitrogens with one attached hydrogen (secondary N) is 2. The van der Waals surface area contributed by atoms with Gasteiger partial charge >= 0.3 is 0 Å². The topological polar surface area (TPSA) is 84.0 Å². The fourth-order valence-corrected chi connectivity index (χ4v) is 3.08. The molecule has 2 heterocycles. The number of nitrogens with zero attached hydrogens (tertiary/aromatic N) is 2. The predicted molar refractivity (Wildman–Crippen MR) is 116 cm³/mol. The Bertz CT molecular complexity index is 1210. The van der Waals surface area contributed by atoms with Gasteiger partial charge in [0.15, 0.2) is 0 Å². The molecule has 0 aliphatic carbocycles. The molecule has 0 spiro atoms. The highest BCUT2D eigenvalue weighted by molar-refractivity contribution is 6.08. The number of fused-ring (bicyclic) bond motifs is 1. The number of anilines is 1. The van der Waals surface area contributed by atoms with Crippen molar-refractivity contribution in [1.82, 2.24) is 15.3 Å². The molecule has 0 saturated heterocycles. The molecule has 0 atom stereocenters. The van der Waals surface area contributed by atoms with Crippen molar-refractivity contribution in [1.29, 1.82) is 0 Å². The van der Waals surface area contributed by atoms with Gasteiger partial charge in [-0.2, -0.15) is 0 Å². The van der Waals surface area contributed by atoms with E-state index < -0.39 is 5.91 Å². The van der Waals surface area contributed by atoms with Crippen LogP contribution in [0.25, 0.3) is 10.9 Å². The summed E-state index contributed by atoms with van der Waals surface area (Å²) in [5.74, 6) is -0.666. The molecule has 0 radical (unpaired) electrons. The molecule has 6 heteroatoms. The van der Waals surface area contributed by atoms with Gasteiger partial charge in [-0.05, 0) is 36.8 Å². The Morgan fingerprint density at radius 1 is 0.867 bits per heavy atom. The van der Waals surface area contributed by atoms with E-state index in [1.54, 1.807) is 18.3 Å². The SMILES string of the molecule is Cc1ccc(CNC(=O)c2ccnc(C(=O)Nc3cccc4cccnc34)c2)cc1. The van der Waals surface area contributed by atoms with Crippen molar-refractivity contribution in [2.24, 2.45) is 0 Å². The van der Waals surface area contributed by atoms with Gasteiger partial charge in [0.1, 0.15) is 5.69 Å². The summed E-state index contributed by atoms with van der Waals surface area (Å²) in [6, 6.07) is 20.3. The highest BCUT2D eigenvalue weighted by atomic mass is 16.2. The Balaban J connectivity index is 1.47. The maximum absolute atomic E-state index is 12.7. The minimum atomic E-state index is -0.402. The molecule has 0 bridgehead atoms. The smallest absolute Gasteiger partial charge is 0.274 e. The Kier molecular flexibility index (Phi) is 5.48. The average Bonchev–Trinajstić information content (AvgIpc) is 2.79. The largest absolute Gasteiger partial charge is 0.348 e. The molecule has 0 saturated carbocycles. The van der Waals surface area contributed by atoms with Crippen molar-refractivity contribution in [3.63, 3.8) is 0 Å². The van der Waals surface area contributed by atoms with Crippen LogP contribution in [-0.2, 0) is 6.54 Å². The molecule has 30 heavy (non-hydrogen) atoms. The predicted octanol–water partition coefficient (Wildman–Crippen LogP) is 4.12. The van der Waals surface area contributed by atoms with E-state index in [0.717, 1.165) is 16.5 Å². The van der Waals surface area contributed by atoms with E-state index in [2.05, 4.69) is 20.6 Å². The molecular formula is C24H20N4O2. The summed E-state index contributed by atoms with van der Waals surface area (Å²) >= 11 is 0. The fourth-order valence-electron chi connectivity index (χ4n) is 3.08. The molecule has 0 fully saturated rings. The first-order chi connectivity index (χ1) is 14.6. The number of hydrogen-bond acceptors (Lipinski definition) is 4. The number of amides is 2. The van der Waals surface area contributed by atoms with Crippen LogP contribution in [0, 0.1) is 6.92 Å². The minimum absolute atomic E-state index is 0.158. The number of carbonyl (C=O) groups excluding carboxylic acids is 2. The average molecular weight is 396 g/mol. The zero-order chi connectivity index (χ0) is 20.9. The van der Waals surface area contributed by atoms with Gasteiger partial charge in [0.2, 0.25) is 0 Å². The van der Waals surface area contributed by atoms with Crippen molar-refractivity contribution in [3.05, 3.63) is 102 Å². The number of pyridine rings is 2. The summed E-state index contributed by atoms with van der Waals surface area (Å²) in [6.45, 7) is 2.42. The maximum atomic E-state index is 12.7. The first-order valence-corrected chi connectivity index (χ1v) is 9.55. The molecule has 0 aliphatic heterocycles. The van der Waals surface area contributed by atoms with E-state index in [0.29, 0.717) is 23.3 Å². The Morgan fingerprint density at radius 3 is 2.50 bits per heavy atom. The summed E-state index contributed by atoms with van der Waals surface area (Å²) in [5.41, 5.74) is 3.99. The van der Waals surface area contributed by atoms with Crippen LogP contribution in [-0.4, -0.2) is 21.8 Å². The van der Waals surface area contributed by atoms with Gasteiger partial charge in [-0.15, -0.1) is 0 Å². The van der Waals surface area contributed by atoms with E-state index in [9.17, 15) is 9.59 Å². The van der Waals surface area contributed by atoms with Gasteiger partial charge in [-0.3, -0.25) is 19.6 Å². The number of rotatable bonds is 5. The Labute approximate surface area is 174 Å². The van der Waals surface area contributed by atoms with Crippen LogP contribution in [0.4, 0.5) is 5.69 Å². The Morgan fingerprint density at radius 2 is 1.67 bits per heavy atom. The monoisotopic (exact) mass is 396 g/mol. The highest BCUT2D eigenvalue weighted by Gasteiger charge is 2.13. The first kappa shape index (κ1) is 19.3. The lowest BCUT2D eigenvalue weighted by molar-refractivity contribution is 0.0951. The second-order valence-corrected chi connectivity index (χ2v) is 6.93. The standard InChI is InChI=1S/C24H20N4O2/c1-16-7-9-17(10-8-16)15-27-23(29)19-11-13-25-21(14-19)24(30)28-20-6-2-4-18-5-3-12-26-22(18)20/h2-14H,15H2,1H3,(H,27,29)(H,28,30). The van der Waals surface area contributed by atoms with E-state index in [4.69, 9.17) is 0 Å². The van der Waals surface area contributed by atoms with Gasteiger partial charge in [-0.25, -0.2) is 0 Å². The second-order valence-electron chi connectivity index (χ2n) is 6.93. The molecule has 148 valence electrons. The normalized spacial score (nSPS) is 10.6. The van der Waals surface area contributed by atoms with Crippen LogP contribution >= 0.6 is 0 Å². The molecule has 0 aliphatic rings. The number of para-hydroxylation sites is 1. The summed E-state index contributed by atoms with van der Waals surface area (Å²) in [5, 5.41) is 6.62. The Hall–Kier alpha value is -4.06. The third-order valence-corrected chi connectivity index (χ3v) is 4.71. The molecule has 2 N–H and O–H groups in total.